The molecule has 1 heteroatoms. The van der Waals surface area contributed by atoms with Gasteiger partial charge in [-0.3, -0.25) is 0 Å². The first-order chi connectivity index (χ1) is 3.39. The van der Waals surface area contributed by atoms with Crippen LogP contribution in [0.1, 0.15) is 0 Å². The van der Waals surface area contributed by atoms with Crippen LogP contribution in [-0.2, 0) is 0 Å². The van der Waals surface area contributed by atoms with Crippen molar-refractivity contribution in [1.82, 2.24) is 0 Å². The van der Waals surface area contributed by atoms with Crippen LogP contribution >= 0.6 is 0 Å². The van der Waals surface area contributed by atoms with Crippen LogP contribution in [0.25, 0.3) is 0 Å². The molecule has 1 aromatic rings. The number of rotatable bonds is 0. The van der Waals surface area contributed by atoms with Gasteiger partial charge in [-0.1, -0.05) is 0 Å². The summed E-state index contributed by atoms with van der Waals surface area (Å²) in [6.45, 7) is 0. The van der Waals surface area contributed by atoms with E-state index in [2.05, 4.69) is 30.3 Å². The molecule has 0 atom stereocenters. The van der Waals surface area contributed by atoms with E-state index in [0.717, 1.165) is 18.6 Å². The summed E-state index contributed by atoms with van der Waals surface area (Å²) >= 11 is 0.855. The molecule has 0 aliphatic carbocycles. The first kappa shape index (κ1) is 5.00. The van der Waals surface area contributed by atoms with Crippen molar-refractivity contribution in [2.24, 2.45) is 0 Å². The zero-order valence-electron chi connectivity index (χ0n) is 4.39. The maximum absolute atomic E-state index is 2.17. The minimum absolute atomic E-state index is 0.855. The molecule has 0 unspecified atom stereocenters. The quantitative estimate of drug-likeness (QED) is 0.453. The van der Waals surface area contributed by atoms with Crippen molar-refractivity contribution in [3.8, 4) is 0 Å². The summed E-state index contributed by atoms with van der Waals surface area (Å²) in [5.41, 5.74) is 0. The Kier molecular flexibility index (Phi) is 1.60. The molecule has 0 aliphatic heterocycles. The van der Waals surface area contributed by atoms with Gasteiger partial charge in [-0.25, -0.2) is 0 Å². The zero-order valence-corrected chi connectivity index (χ0v) is 8.58. The summed E-state index contributed by atoms with van der Waals surface area (Å²) in [6.07, 6.45) is 0. The van der Waals surface area contributed by atoms with Gasteiger partial charge < -0.3 is 0 Å². The standard InChI is InChI=1S/C6H5.Ga.2H/c1-2-4-6-5-3-1;;;/h1-5H;;;. The Morgan fingerprint density at radius 2 is 1.57 bits per heavy atom. The molecule has 0 heterocycles. The molecule has 0 aliphatic rings. The Morgan fingerprint density at radius 3 is 1.86 bits per heavy atom. The molecule has 0 fully saturated rings. The van der Waals surface area contributed by atoms with Crippen molar-refractivity contribution in [2.45, 2.75) is 0 Å². The van der Waals surface area contributed by atoms with Gasteiger partial charge in [-0.05, 0) is 0 Å². The molecule has 0 nitrogen and oxygen atoms in total. The van der Waals surface area contributed by atoms with Gasteiger partial charge in [0.25, 0.3) is 0 Å². The second kappa shape index (κ2) is 2.24. The number of benzene rings is 1. The average Bonchev–Trinajstić information content (AvgIpc) is 1.69. The van der Waals surface area contributed by atoms with E-state index >= 15 is 0 Å². The molecule has 0 saturated heterocycles. The maximum atomic E-state index is 2.17. The van der Waals surface area contributed by atoms with Crippen molar-refractivity contribution in [2.75, 3.05) is 0 Å². The van der Waals surface area contributed by atoms with E-state index in [9.17, 15) is 0 Å². The average molecular weight is 149 g/mol. The predicted molar refractivity (Wildman–Crippen MR) is 34.6 cm³/mol. The fraction of sp³-hybridized carbons (Fsp3) is 0. The SMILES string of the molecule is [GaH2][c]1ccccc1. The molecule has 0 aromatic heterocycles. The van der Waals surface area contributed by atoms with Crippen LogP contribution in [0.15, 0.2) is 30.3 Å². The van der Waals surface area contributed by atoms with Gasteiger partial charge in [0.1, 0.15) is 0 Å². The van der Waals surface area contributed by atoms with Crippen molar-refractivity contribution < 1.29 is 0 Å². The Bertz CT molecular complexity index is 134. The van der Waals surface area contributed by atoms with E-state index in [4.69, 9.17) is 0 Å². The van der Waals surface area contributed by atoms with Crippen molar-refractivity contribution in [3.05, 3.63) is 30.3 Å². The summed E-state index contributed by atoms with van der Waals surface area (Å²) in [4.78, 5) is 0. The molecule has 7 heavy (non-hydrogen) atoms. The first-order valence-electron chi connectivity index (χ1n) is 2.41. The third kappa shape index (κ3) is 1.41. The Morgan fingerprint density at radius 1 is 1.00 bits per heavy atom. The van der Waals surface area contributed by atoms with E-state index in [1.807, 2.05) is 0 Å². The Balaban J connectivity index is 3.02. The van der Waals surface area contributed by atoms with Crippen molar-refractivity contribution in [1.29, 1.82) is 0 Å². The van der Waals surface area contributed by atoms with Crippen LogP contribution in [0, 0.1) is 0 Å². The topological polar surface area (TPSA) is 0 Å². The van der Waals surface area contributed by atoms with Crippen LogP contribution in [-0.4, -0.2) is 18.6 Å². The minimum atomic E-state index is 0.855. The fourth-order valence-electron chi connectivity index (χ4n) is 0.534. The monoisotopic (exact) mass is 148 g/mol. The second-order valence-electron chi connectivity index (χ2n) is 1.65. The van der Waals surface area contributed by atoms with Crippen molar-refractivity contribution >= 4 is 22.7 Å². The molecule has 0 bridgehead atoms. The van der Waals surface area contributed by atoms with E-state index in [0.29, 0.717) is 0 Å². The second-order valence-corrected chi connectivity index (χ2v) is 4.08. The van der Waals surface area contributed by atoms with E-state index in [1.165, 1.54) is 4.12 Å². The summed E-state index contributed by atoms with van der Waals surface area (Å²) in [7, 11) is 0. The molecule has 0 amide bonds. The third-order valence-corrected chi connectivity index (χ3v) is 2.34. The summed E-state index contributed by atoms with van der Waals surface area (Å²) in [5, 5.41) is 0. The first-order valence-corrected chi connectivity index (χ1v) is 4.51. The molecule has 0 saturated carbocycles. The number of hydrogen-bond donors (Lipinski definition) is 0. The molecular weight excluding hydrogens is 142 g/mol. The summed E-state index contributed by atoms with van der Waals surface area (Å²) < 4.78 is 1.51. The Labute approximate surface area is 53.5 Å². The fourth-order valence-corrected chi connectivity index (χ4v) is 1.34. The van der Waals surface area contributed by atoms with Crippen molar-refractivity contribution in [3.63, 3.8) is 0 Å². The molecule has 0 N–H and O–H groups in total. The molecule has 0 spiro atoms. The van der Waals surface area contributed by atoms with Gasteiger partial charge in [-0.2, -0.15) is 0 Å². The normalized spacial score (nSPS) is 8.57. The molecule has 34 valence electrons. The predicted octanol–water partition coefficient (Wildman–Crippen LogP) is -0.0550. The van der Waals surface area contributed by atoms with Gasteiger partial charge in [0.15, 0.2) is 0 Å². The molecule has 0 radical (unpaired) electrons. The molecule has 1 aromatic carbocycles. The van der Waals surface area contributed by atoms with Crippen LogP contribution in [0.5, 0.6) is 0 Å². The van der Waals surface area contributed by atoms with E-state index in [-0.39, 0.29) is 0 Å². The van der Waals surface area contributed by atoms with E-state index in [1.54, 1.807) is 0 Å². The van der Waals surface area contributed by atoms with E-state index < -0.39 is 0 Å². The third-order valence-electron chi connectivity index (χ3n) is 0.940. The number of hydrogen-bond acceptors (Lipinski definition) is 0. The Hall–Kier alpha value is -0.144. The molecule has 1 rings (SSSR count). The van der Waals surface area contributed by atoms with Crippen LogP contribution in [0.3, 0.4) is 0 Å². The zero-order chi connectivity index (χ0) is 5.11. The summed E-state index contributed by atoms with van der Waals surface area (Å²) in [5.74, 6) is 0. The van der Waals surface area contributed by atoms with Crippen LogP contribution in [0.4, 0.5) is 0 Å². The van der Waals surface area contributed by atoms with Gasteiger partial charge in [0.2, 0.25) is 0 Å². The van der Waals surface area contributed by atoms with Crippen LogP contribution < -0.4 is 4.12 Å². The summed E-state index contributed by atoms with van der Waals surface area (Å²) in [6, 6.07) is 10.6. The van der Waals surface area contributed by atoms with Gasteiger partial charge in [-0.15, -0.1) is 0 Å². The van der Waals surface area contributed by atoms with Gasteiger partial charge in [0, 0.05) is 0 Å². The van der Waals surface area contributed by atoms with Crippen LogP contribution in [0.2, 0.25) is 0 Å². The van der Waals surface area contributed by atoms with Gasteiger partial charge in [0.05, 0.1) is 0 Å². The molecular formula is C6H7Ga. The van der Waals surface area contributed by atoms with Gasteiger partial charge >= 0.3 is 53.0 Å².